The van der Waals surface area contributed by atoms with Gasteiger partial charge in [0.15, 0.2) is 4.75 Å². The molecule has 0 radical (unpaired) electrons. The highest BCUT2D eigenvalue weighted by Gasteiger charge is 2.51. The minimum atomic E-state index is -5.08. The van der Waals surface area contributed by atoms with Gasteiger partial charge in [-0.25, -0.2) is 0 Å². The third-order valence-electron chi connectivity index (χ3n) is 4.37. The fraction of sp³-hybridized carbons (Fsp3) is 0.0526. The molecule has 10 heteroatoms. The Hall–Kier alpha value is -1.67. The Morgan fingerprint density at radius 1 is 0.724 bits per heavy atom. The largest absolute Gasteiger partial charge is 0.508 e. The highest BCUT2D eigenvalue weighted by atomic mass is 35.5. The molecule has 0 aliphatic carbocycles. The molecule has 0 saturated carbocycles. The summed E-state index contributed by atoms with van der Waals surface area (Å²) in [4.78, 5) is 0. The van der Waals surface area contributed by atoms with E-state index >= 15 is 0 Å². The van der Waals surface area contributed by atoms with E-state index in [0.717, 1.165) is 18.2 Å². The monoisotopic (exact) mass is 492 g/mol. The SMILES string of the molecule is O=S(=O)(O)C(c1cccc(Cl)c1)(c1ccc(Cl)cc1O)c1cc(Cl)c(O)cc1Cl. The van der Waals surface area contributed by atoms with Crippen LogP contribution in [0.2, 0.25) is 20.1 Å². The van der Waals surface area contributed by atoms with Gasteiger partial charge in [-0.15, -0.1) is 0 Å². The maximum atomic E-state index is 13.0. The highest BCUT2D eigenvalue weighted by molar-refractivity contribution is 7.87. The van der Waals surface area contributed by atoms with Crippen LogP contribution in [-0.4, -0.2) is 23.2 Å². The Bertz CT molecular complexity index is 1210. The minimum Gasteiger partial charge on any atom is -0.508 e. The lowest BCUT2D eigenvalue weighted by atomic mass is 9.83. The third-order valence-corrected chi connectivity index (χ3v) is 6.91. The molecular formula is C19H12Cl4O5S. The van der Waals surface area contributed by atoms with Gasteiger partial charge < -0.3 is 10.2 Å². The van der Waals surface area contributed by atoms with Gasteiger partial charge in [0.05, 0.1) is 5.02 Å². The van der Waals surface area contributed by atoms with Crippen molar-refractivity contribution in [3.63, 3.8) is 0 Å². The van der Waals surface area contributed by atoms with Crippen molar-refractivity contribution in [1.82, 2.24) is 0 Å². The van der Waals surface area contributed by atoms with Crippen LogP contribution in [0, 0.1) is 0 Å². The summed E-state index contributed by atoms with van der Waals surface area (Å²) in [6.07, 6.45) is 0. The van der Waals surface area contributed by atoms with Crippen LogP contribution in [-0.2, 0) is 14.9 Å². The second kappa shape index (κ2) is 7.87. The van der Waals surface area contributed by atoms with Gasteiger partial charge in [-0.2, -0.15) is 8.42 Å². The molecule has 3 rings (SSSR count). The zero-order chi connectivity index (χ0) is 21.6. The molecule has 3 N–H and O–H groups in total. The van der Waals surface area contributed by atoms with E-state index in [1.54, 1.807) is 0 Å². The molecule has 1 atom stereocenters. The summed E-state index contributed by atoms with van der Waals surface area (Å²) in [5.41, 5.74) is -0.464. The van der Waals surface area contributed by atoms with E-state index in [9.17, 15) is 23.2 Å². The van der Waals surface area contributed by atoms with E-state index in [2.05, 4.69) is 0 Å². The average molecular weight is 494 g/mol. The van der Waals surface area contributed by atoms with Gasteiger partial charge in [0.1, 0.15) is 11.5 Å². The fourth-order valence-corrected chi connectivity index (χ4v) is 5.40. The summed E-state index contributed by atoms with van der Waals surface area (Å²) < 4.78 is 34.0. The van der Waals surface area contributed by atoms with Crippen LogP contribution >= 0.6 is 46.4 Å². The van der Waals surface area contributed by atoms with Crippen LogP contribution in [0.1, 0.15) is 16.7 Å². The van der Waals surface area contributed by atoms with Crippen LogP contribution in [0.15, 0.2) is 54.6 Å². The second-order valence-electron chi connectivity index (χ2n) is 6.11. The maximum absolute atomic E-state index is 13.0. The first-order chi connectivity index (χ1) is 13.5. The molecule has 3 aromatic rings. The molecule has 0 bridgehead atoms. The van der Waals surface area contributed by atoms with Crippen LogP contribution < -0.4 is 0 Å². The predicted molar refractivity (Wildman–Crippen MR) is 114 cm³/mol. The molecule has 0 aliphatic heterocycles. The van der Waals surface area contributed by atoms with E-state index in [-0.39, 0.29) is 36.8 Å². The van der Waals surface area contributed by atoms with Crippen LogP contribution in [0.25, 0.3) is 0 Å². The number of phenols is 2. The first-order valence-corrected chi connectivity index (χ1v) is 10.8. The average Bonchev–Trinajstić information content (AvgIpc) is 2.60. The van der Waals surface area contributed by atoms with Gasteiger partial charge in [-0.3, -0.25) is 4.55 Å². The second-order valence-corrected chi connectivity index (χ2v) is 9.36. The Balaban J connectivity index is 2.61. The molecule has 0 heterocycles. The van der Waals surface area contributed by atoms with Gasteiger partial charge in [-0.05, 0) is 35.9 Å². The van der Waals surface area contributed by atoms with Crippen molar-refractivity contribution < 1.29 is 23.2 Å². The first-order valence-electron chi connectivity index (χ1n) is 7.89. The quantitative estimate of drug-likeness (QED) is 0.311. The lowest BCUT2D eigenvalue weighted by molar-refractivity contribution is 0.440. The van der Waals surface area contributed by atoms with E-state index in [4.69, 9.17) is 46.4 Å². The van der Waals surface area contributed by atoms with E-state index in [1.807, 2.05) is 0 Å². The van der Waals surface area contributed by atoms with Gasteiger partial charge in [0, 0.05) is 32.3 Å². The van der Waals surface area contributed by atoms with Crippen molar-refractivity contribution in [1.29, 1.82) is 0 Å². The van der Waals surface area contributed by atoms with Crippen LogP contribution in [0.5, 0.6) is 11.5 Å². The molecule has 3 aromatic carbocycles. The molecule has 0 amide bonds. The fourth-order valence-electron chi connectivity index (χ4n) is 3.20. The standard InChI is InChI=1S/C19H12Cl4O5S/c20-11-3-1-2-10(6-11)19(29(26,27)28,13-5-4-12(21)7-17(13)24)14-8-16(23)18(25)9-15(14)22/h1-9,24-25H,(H,26,27,28). The molecular weight excluding hydrogens is 482 g/mol. The number of hydrogen-bond acceptors (Lipinski definition) is 4. The Kier molecular flexibility index (Phi) is 5.98. The van der Waals surface area contributed by atoms with Crippen molar-refractivity contribution in [3.8, 4) is 11.5 Å². The Labute approximate surface area is 186 Å². The summed E-state index contributed by atoms with van der Waals surface area (Å²) in [5, 5.41) is 20.3. The summed E-state index contributed by atoms with van der Waals surface area (Å²) in [6.45, 7) is 0. The zero-order valence-corrected chi connectivity index (χ0v) is 18.1. The zero-order valence-electron chi connectivity index (χ0n) is 14.3. The van der Waals surface area contributed by atoms with Crippen molar-refractivity contribution in [3.05, 3.63) is 91.4 Å². The van der Waals surface area contributed by atoms with Gasteiger partial charge in [0.2, 0.25) is 0 Å². The molecule has 0 aromatic heterocycles. The minimum absolute atomic E-state index is 0.0196. The predicted octanol–water partition coefficient (Wildman–Crippen LogP) is 5.89. The summed E-state index contributed by atoms with van der Waals surface area (Å²) >= 11 is 24.3. The number of rotatable bonds is 4. The summed E-state index contributed by atoms with van der Waals surface area (Å²) in [7, 11) is -5.08. The normalized spacial score (nSPS) is 13.8. The first kappa shape index (κ1) is 22.0. The van der Waals surface area contributed by atoms with Crippen molar-refractivity contribution in [2.75, 3.05) is 0 Å². The van der Waals surface area contributed by atoms with E-state index < -0.39 is 26.4 Å². The lowest BCUT2D eigenvalue weighted by Crippen LogP contribution is -2.38. The highest BCUT2D eigenvalue weighted by Crippen LogP contribution is 2.51. The van der Waals surface area contributed by atoms with Crippen molar-refractivity contribution >= 4 is 56.5 Å². The third kappa shape index (κ3) is 3.77. The van der Waals surface area contributed by atoms with Crippen molar-refractivity contribution in [2.24, 2.45) is 0 Å². The van der Waals surface area contributed by atoms with Gasteiger partial charge in [0.25, 0.3) is 10.1 Å². The van der Waals surface area contributed by atoms with Gasteiger partial charge >= 0.3 is 0 Å². The van der Waals surface area contributed by atoms with Crippen LogP contribution in [0.4, 0.5) is 0 Å². The molecule has 0 spiro atoms. The number of phenolic OH excluding ortho intramolecular Hbond substituents is 2. The number of hydrogen-bond donors (Lipinski definition) is 3. The molecule has 0 saturated heterocycles. The molecule has 5 nitrogen and oxygen atoms in total. The lowest BCUT2D eigenvalue weighted by Gasteiger charge is -2.34. The smallest absolute Gasteiger partial charge is 0.283 e. The Morgan fingerprint density at radius 3 is 1.97 bits per heavy atom. The van der Waals surface area contributed by atoms with Gasteiger partial charge in [-0.1, -0.05) is 64.6 Å². The number of benzene rings is 3. The number of aromatic hydroxyl groups is 2. The Morgan fingerprint density at radius 2 is 1.38 bits per heavy atom. The molecule has 1 unspecified atom stereocenters. The molecule has 29 heavy (non-hydrogen) atoms. The number of halogens is 4. The molecule has 0 fully saturated rings. The van der Waals surface area contributed by atoms with E-state index in [1.165, 1.54) is 36.4 Å². The maximum Gasteiger partial charge on any atom is 0.283 e. The van der Waals surface area contributed by atoms with Crippen LogP contribution in [0.3, 0.4) is 0 Å². The molecule has 0 aliphatic rings. The summed E-state index contributed by atoms with van der Waals surface area (Å²) in [5.74, 6) is -0.911. The molecule has 152 valence electrons. The summed E-state index contributed by atoms with van der Waals surface area (Å²) in [6, 6.07) is 11.5. The van der Waals surface area contributed by atoms with Crippen molar-refractivity contribution in [2.45, 2.75) is 4.75 Å². The topological polar surface area (TPSA) is 94.8 Å². The van der Waals surface area contributed by atoms with E-state index in [0.29, 0.717) is 0 Å².